The maximum absolute atomic E-state index is 11.1. The Balaban J connectivity index is 2.19. The summed E-state index contributed by atoms with van der Waals surface area (Å²) < 4.78 is 15.9. The Bertz CT molecular complexity index is 559. The molecule has 1 aliphatic rings. The molecule has 3 rings (SSSR count). The number of hydrogen-bond donors (Lipinski definition) is 0. The van der Waals surface area contributed by atoms with Gasteiger partial charge in [0.05, 0.1) is 5.56 Å². The Hall–Kier alpha value is -2.23. The number of fused-ring (bicyclic) bond motifs is 1. The van der Waals surface area contributed by atoms with E-state index in [1.54, 1.807) is 6.07 Å². The van der Waals surface area contributed by atoms with Crippen LogP contribution in [-0.2, 0) is 9.47 Å². The van der Waals surface area contributed by atoms with Gasteiger partial charge in [-0.25, -0.2) is 0 Å². The van der Waals surface area contributed by atoms with Crippen LogP contribution in [0.4, 0.5) is 0 Å². The zero-order valence-electron chi connectivity index (χ0n) is 8.25. The Morgan fingerprint density at radius 3 is 2.62 bits per heavy atom. The smallest absolute Gasteiger partial charge is 0.299 e. The minimum absolute atomic E-state index is 0.404. The first-order valence-corrected chi connectivity index (χ1v) is 4.82. The SMILES string of the molecule is O=Cc1c(C2OC=CO2)oc2ccccc12. The second kappa shape index (κ2) is 3.41. The fraction of sp³-hybridized carbons (Fsp3) is 0.0833. The summed E-state index contributed by atoms with van der Waals surface area (Å²) in [6, 6.07) is 7.32. The lowest BCUT2D eigenvalue weighted by Gasteiger charge is -2.06. The van der Waals surface area contributed by atoms with Gasteiger partial charge in [-0.05, 0) is 6.07 Å². The topological polar surface area (TPSA) is 48.7 Å². The molecule has 2 aromatic rings. The van der Waals surface area contributed by atoms with Gasteiger partial charge in [-0.15, -0.1) is 0 Å². The molecule has 0 fully saturated rings. The molecule has 0 radical (unpaired) electrons. The zero-order chi connectivity index (χ0) is 11.0. The van der Waals surface area contributed by atoms with Crippen molar-refractivity contribution >= 4 is 17.3 Å². The summed E-state index contributed by atoms with van der Waals surface area (Å²) in [6.07, 6.45) is 2.94. The second-order valence-electron chi connectivity index (χ2n) is 3.37. The number of carbonyl (C=O) groups excluding carboxylic acids is 1. The van der Waals surface area contributed by atoms with Gasteiger partial charge in [-0.3, -0.25) is 4.79 Å². The van der Waals surface area contributed by atoms with E-state index in [1.165, 1.54) is 12.5 Å². The lowest BCUT2D eigenvalue weighted by atomic mass is 10.1. The van der Waals surface area contributed by atoms with E-state index in [2.05, 4.69) is 0 Å². The van der Waals surface area contributed by atoms with Crippen molar-refractivity contribution in [3.63, 3.8) is 0 Å². The fourth-order valence-electron chi connectivity index (χ4n) is 1.74. The Morgan fingerprint density at radius 1 is 1.12 bits per heavy atom. The predicted molar refractivity (Wildman–Crippen MR) is 55.7 cm³/mol. The molecule has 0 aliphatic carbocycles. The molecule has 1 aromatic carbocycles. The molecule has 0 atom stereocenters. The lowest BCUT2D eigenvalue weighted by molar-refractivity contribution is -0.0398. The molecule has 2 heterocycles. The number of carbonyl (C=O) groups is 1. The summed E-state index contributed by atoms with van der Waals surface area (Å²) in [7, 11) is 0. The third-order valence-corrected chi connectivity index (χ3v) is 2.45. The molecule has 1 aliphatic heterocycles. The van der Waals surface area contributed by atoms with Gasteiger partial charge in [0.2, 0.25) is 0 Å². The molecule has 0 saturated carbocycles. The van der Waals surface area contributed by atoms with Crippen LogP contribution < -0.4 is 0 Å². The van der Waals surface area contributed by atoms with E-state index in [1.807, 2.05) is 18.2 Å². The second-order valence-corrected chi connectivity index (χ2v) is 3.37. The van der Waals surface area contributed by atoms with E-state index < -0.39 is 6.29 Å². The molecule has 0 unspecified atom stereocenters. The molecule has 4 nitrogen and oxygen atoms in total. The van der Waals surface area contributed by atoms with Crippen molar-refractivity contribution in [1.29, 1.82) is 0 Å². The number of hydrogen-bond acceptors (Lipinski definition) is 4. The van der Waals surface area contributed by atoms with Crippen LogP contribution in [0, 0.1) is 0 Å². The first kappa shape index (κ1) is 9.03. The minimum Gasteiger partial charge on any atom is -0.452 e. The number of furan rings is 1. The predicted octanol–water partition coefficient (Wildman–Crippen LogP) is 2.76. The van der Waals surface area contributed by atoms with Crippen molar-refractivity contribution in [1.82, 2.24) is 0 Å². The quantitative estimate of drug-likeness (QED) is 0.724. The van der Waals surface area contributed by atoms with Gasteiger partial charge in [0.25, 0.3) is 6.29 Å². The monoisotopic (exact) mass is 216 g/mol. The molecular weight excluding hydrogens is 208 g/mol. The van der Waals surface area contributed by atoms with E-state index in [9.17, 15) is 4.79 Å². The number of aldehydes is 1. The van der Waals surface area contributed by atoms with Crippen molar-refractivity contribution in [2.45, 2.75) is 6.29 Å². The standard InChI is InChI=1S/C12H8O4/c13-7-9-8-3-1-2-4-10(8)16-11(9)12-14-5-6-15-12/h1-7,12H. The third-order valence-electron chi connectivity index (χ3n) is 2.45. The maximum atomic E-state index is 11.1. The average Bonchev–Trinajstić information content (AvgIpc) is 2.95. The molecule has 4 heteroatoms. The van der Waals surface area contributed by atoms with Crippen LogP contribution >= 0.6 is 0 Å². The van der Waals surface area contributed by atoms with Gasteiger partial charge in [0.1, 0.15) is 18.1 Å². The van der Waals surface area contributed by atoms with Crippen LogP contribution in [0.15, 0.2) is 41.2 Å². The van der Waals surface area contributed by atoms with Crippen LogP contribution in [0.25, 0.3) is 11.0 Å². The number of ether oxygens (including phenoxy) is 2. The van der Waals surface area contributed by atoms with Gasteiger partial charge < -0.3 is 13.9 Å². The first-order chi connectivity index (χ1) is 7.90. The summed E-state index contributed by atoms with van der Waals surface area (Å²) >= 11 is 0. The molecule has 16 heavy (non-hydrogen) atoms. The minimum atomic E-state index is -0.660. The van der Waals surface area contributed by atoms with E-state index in [0.29, 0.717) is 16.9 Å². The summed E-state index contributed by atoms with van der Waals surface area (Å²) in [6.45, 7) is 0. The summed E-state index contributed by atoms with van der Waals surface area (Å²) in [5.74, 6) is 0.404. The molecular formula is C12H8O4. The van der Waals surface area contributed by atoms with E-state index in [0.717, 1.165) is 11.7 Å². The zero-order valence-corrected chi connectivity index (χ0v) is 8.25. The maximum Gasteiger partial charge on any atom is 0.299 e. The highest BCUT2D eigenvalue weighted by molar-refractivity contribution is 5.97. The highest BCUT2D eigenvalue weighted by atomic mass is 16.7. The van der Waals surface area contributed by atoms with Crippen LogP contribution in [0.3, 0.4) is 0 Å². The molecule has 80 valence electrons. The summed E-state index contributed by atoms with van der Waals surface area (Å²) in [5.41, 5.74) is 1.13. The average molecular weight is 216 g/mol. The molecule has 0 bridgehead atoms. The number of para-hydroxylation sites is 1. The van der Waals surface area contributed by atoms with Crippen molar-refractivity contribution in [3.8, 4) is 0 Å². The van der Waals surface area contributed by atoms with E-state index >= 15 is 0 Å². The largest absolute Gasteiger partial charge is 0.452 e. The molecule has 0 N–H and O–H groups in total. The summed E-state index contributed by atoms with van der Waals surface area (Å²) in [5, 5.41) is 0.770. The lowest BCUT2D eigenvalue weighted by Crippen LogP contribution is -1.99. The molecule has 0 saturated heterocycles. The fourth-order valence-corrected chi connectivity index (χ4v) is 1.74. The Morgan fingerprint density at radius 2 is 1.88 bits per heavy atom. The van der Waals surface area contributed by atoms with Crippen LogP contribution in [0.2, 0.25) is 0 Å². The number of rotatable bonds is 2. The van der Waals surface area contributed by atoms with Crippen LogP contribution in [0.5, 0.6) is 0 Å². The van der Waals surface area contributed by atoms with Gasteiger partial charge in [-0.1, -0.05) is 18.2 Å². The first-order valence-electron chi connectivity index (χ1n) is 4.82. The highest BCUT2D eigenvalue weighted by Crippen LogP contribution is 2.33. The van der Waals surface area contributed by atoms with Crippen molar-refractivity contribution < 1.29 is 18.7 Å². The van der Waals surface area contributed by atoms with Gasteiger partial charge in [0, 0.05) is 5.39 Å². The van der Waals surface area contributed by atoms with E-state index in [4.69, 9.17) is 13.9 Å². The molecule has 0 amide bonds. The van der Waals surface area contributed by atoms with Crippen LogP contribution in [0.1, 0.15) is 22.4 Å². The van der Waals surface area contributed by atoms with E-state index in [-0.39, 0.29) is 0 Å². The van der Waals surface area contributed by atoms with Gasteiger partial charge >= 0.3 is 0 Å². The van der Waals surface area contributed by atoms with Crippen molar-refractivity contribution in [2.75, 3.05) is 0 Å². The molecule has 1 aromatic heterocycles. The Labute approximate surface area is 91.1 Å². The van der Waals surface area contributed by atoms with Crippen molar-refractivity contribution in [3.05, 3.63) is 48.1 Å². The molecule has 0 spiro atoms. The van der Waals surface area contributed by atoms with Crippen LogP contribution in [-0.4, -0.2) is 6.29 Å². The van der Waals surface area contributed by atoms with Crippen molar-refractivity contribution in [2.24, 2.45) is 0 Å². The normalized spacial score (nSPS) is 15.0. The third kappa shape index (κ3) is 1.20. The Kier molecular flexibility index (Phi) is 1.93. The highest BCUT2D eigenvalue weighted by Gasteiger charge is 2.25. The number of benzene rings is 1. The summed E-state index contributed by atoms with van der Waals surface area (Å²) in [4.78, 5) is 11.1. The van der Waals surface area contributed by atoms with Gasteiger partial charge in [-0.2, -0.15) is 0 Å². The van der Waals surface area contributed by atoms with Gasteiger partial charge in [0.15, 0.2) is 12.0 Å².